The van der Waals surface area contributed by atoms with Gasteiger partial charge < -0.3 is 9.47 Å². The molecule has 0 unspecified atom stereocenters. The average Bonchev–Trinajstić information content (AvgIpc) is 2.43. The summed E-state index contributed by atoms with van der Waals surface area (Å²) in [6, 6.07) is 8.80. The molecule has 1 heterocycles. The van der Waals surface area contributed by atoms with Gasteiger partial charge in [0.2, 0.25) is 6.54 Å². The third-order valence-electron chi connectivity index (χ3n) is 3.44. The van der Waals surface area contributed by atoms with Gasteiger partial charge in [0.1, 0.15) is 11.6 Å². The first-order valence-electron chi connectivity index (χ1n) is 6.64. The average molecular weight is 294 g/mol. The number of hydrogen-bond donors (Lipinski definition) is 1. The normalized spacial score (nSPS) is 17.6. The van der Waals surface area contributed by atoms with E-state index in [1.54, 1.807) is 0 Å². The fourth-order valence-electron chi connectivity index (χ4n) is 2.37. The Balaban J connectivity index is 2.09. The molecule has 0 saturated carbocycles. The Labute approximate surface area is 122 Å². The fraction of sp³-hybridized carbons (Fsp3) is 0.500. The Bertz CT molecular complexity index is 501. The molecule has 0 spiro atoms. The number of ether oxygens (including phenoxy) is 2. The van der Waals surface area contributed by atoms with Gasteiger partial charge in [-0.15, -0.1) is 0 Å². The summed E-state index contributed by atoms with van der Waals surface area (Å²) in [6.07, 6.45) is 0.410. The molecule has 0 bridgehead atoms. The summed E-state index contributed by atoms with van der Waals surface area (Å²) >= 11 is 0. The zero-order valence-electron chi connectivity index (χ0n) is 11.8. The molecule has 7 heteroatoms. The predicted octanol–water partition coefficient (Wildman–Crippen LogP) is 0.406. The number of hydrogen-bond acceptors (Lipinski definition) is 6. The summed E-state index contributed by atoms with van der Waals surface area (Å²) in [5, 5.41) is 13.8. The minimum absolute atomic E-state index is 0.219. The van der Waals surface area contributed by atoms with Gasteiger partial charge in [-0.1, -0.05) is 30.3 Å². The number of nitrogens with zero attached hydrogens (tertiary/aromatic N) is 1. The van der Waals surface area contributed by atoms with Gasteiger partial charge in [0.25, 0.3) is 0 Å². The third kappa shape index (κ3) is 3.99. The minimum atomic E-state index is -0.795. The van der Waals surface area contributed by atoms with E-state index >= 15 is 0 Å². The topological polar surface area (TPSA) is 90.7 Å². The molecule has 1 fully saturated rings. The van der Waals surface area contributed by atoms with Gasteiger partial charge in [0.05, 0.1) is 20.3 Å². The lowest BCUT2D eigenvalue weighted by Gasteiger charge is -2.40. The molecule has 21 heavy (non-hydrogen) atoms. The monoisotopic (exact) mass is 294 g/mol. The summed E-state index contributed by atoms with van der Waals surface area (Å²) in [5.74, 6) is -0.437. The van der Waals surface area contributed by atoms with Gasteiger partial charge in [-0.05, 0) is 12.0 Å². The number of carbonyl (C=O) groups is 1. The summed E-state index contributed by atoms with van der Waals surface area (Å²) in [7, 11) is 1.31. The van der Waals surface area contributed by atoms with Crippen LogP contribution in [0.4, 0.5) is 0 Å². The molecular weight excluding hydrogens is 276 g/mol. The van der Waals surface area contributed by atoms with Crippen LogP contribution in [0.25, 0.3) is 0 Å². The van der Waals surface area contributed by atoms with Gasteiger partial charge in [-0.25, -0.2) is 0 Å². The van der Waals surface area contributed by atoms with Crippen LogP contribution in [0.2, 0.25) is 0 Å². The van der Waals surface area contributed by atoms with E-state index in [1.807, 2.05) is 30.3 Å². The molecule has 2 rings (SSSR count). The highest BCUT2D eigenvalue weighted by Gasteiger charge is 2.46. The van der Waals surface area contributed by atoms with Gasteiger partial charge in [0, 0.05) is 4.92 Å². The highest BCUT2D eigenvalue weighted by Crippen LogP contribution is 2.19. The van der Waals surface area contributed by atoms with Crippen LogP contribution in [-0.2, 0) is 20.7 Å². The molecule has 1 saturated heterocycles. The second kappa shape index (κ2) is 6.64. The fourth-order valence-corrected chi connectivity index (χ4v) is 2.37. The largest absolute Gasteiger partial charge is 0.468 e. The smallest absolute Gasteiger partial charge is 0.323 e. The number of rotatable bonds is 7. The van der Waals surface area contributed by atoms with E-state index in [-0.39, 0.29) is 19.8 Å². The molecule has 1 aromatic carbocycles. The van der Waals surface area contributed by atoms with E-state index < -0.39 is 22.5 Å². The summed E-state index contributed by atoms with van der Waals surface area (Å²) in [5.41, 5.74) is 0.161. The van der Waals surface area contributed by atoms with E-state index in [0.717, 1.165) is 5.56 Å². The lowest BCUT2D eigenvalue weighted by atomic mass is 9.94. The van der Waals surface area contributed by atoms with Crippen molar-refractivity contribution < 1.29 is 19.2 Å². The van der Waals surface area contributed by atoms with Gasteiger partial charge in [-0.3, -0.25) is 20.2 Å². The first-order chi connectivity index (χ1) is 10.0. The molecular formula is C14H18N2O5. The molecule has 1 N–H and O–H groups in total. The zero-order valence-corrected chi connectivity index (χ0v) is 11.8. The number of nitro groups is 1. The highest BCUT2D eigenvalue weighted by atomic mass is 16.6. The molecule has 0 aromatic heterocycles. The van der Waals surface area contributed by atoms with Gasteiger partial charge in [-0.2, -0.15) is 0 Å². The Morgan fingerprint density at radius 1 is 1.48 bits per heavy atom. The van der Waals surface area contributed by atoms with Crippen LogP contribution in [-0.4, -0.2) is 49.3 Å². The Kier molecular flexibility index (Phi) is 4.87. The van der Waals surface area contributed by atoms with Crippen molar-refractivity contribution in [3.63, 3.8) is 0 Å². The molecule has 0 radical (unpaired) electrons. The van der Waals surface area contributed by atoms with E-state index in [9.17, 15) is 14.9 Å². The predicted molar refractivity (Wildman–Crippen MR) is 74.5 cm³/mol. The Hall–Kier alpha value is -1.99. The van der Waals surface area contributed by atoms with Crippen molar-refractivity contribution in [3.05, 3.63) is 46.0 Å². The SMILES string of the molecule is COC(=O)[C@H](Cc1ccccc1)NC1(C[N+](=O)[O-])COC1. The summed E-state index contributed by atoms with van der Waals surface area (Å²) in [6.45, 7) is 0.155. The number of esters is 1. The minimum Gasteiger partial charge on any atom is -0.468 e. The molecule has 7 nitrogen and oxygen atoms in total. The number of carbonyl (C=O) groups excluding carboxylic acids is 1. The maximum Gasteiger partial charge on any atom is 0.323 e. The van der Waals surface area contributed by atoms with Crippen LogP contribution in [0.3, 0.4) is 0 Å². The molecule has 0 aliphatic carbocycles. The van der Waals surface area contributed by atoms with Crippen LogP contribution in [0.1, 0.15) is 5.56 Å². The summed E-state index contributed by atoms with van der Waals surface area (Å²) < 4.78 is 9.88. The van der Waals surface area contributed by atoms with Crippen LogP contribution < -0.4 is 5.32 Å². The van der Waals surface area contributed by atoms with Crippen molar-refractivity contribution in [2.45, 2.75) is 18.0 Å². The molecule has 1 atom stereocenters. The van der Waals surface area contributed by atoms with Crippen LogP contribution >= 0.6 is 0 Å². The second-order valence-electron chi connectivity index (χ2n) is 5.17. The van der Waals surface area contributed by atoms with Crippen molar-refractivity contribution in [1.82, 2.24) is 5.32 Å². The quantitative estimate of drug-likeness (QED) is 0.445. The first-order valence-corrected chi connectivity index (χ1v) is 6.64. The standard InChI is InChI=1S/C14H18N2O5/c1-20-13(17)12(7-11-5-3-2-4-6-11)15-14(8-16(18)19)9-21-10-14/h2-6,12,15H,7-10H2,1H3/t12-/m0/s1. The Morgan fingerprint density at radius 2 is 2.14 bits per heavy atom. The van der Waals surface area contributed by atoms with Crippen molar-refractivity contribution in [1.29, 1.82) is 0 Å². The summed E-state index contributed by atoms with van der Waals surface area (Å²) in [4.78, 5) is 22.3. The maximum absolute atomic E-state index is 11.9. The molecule has 1 aromatic rings. The van der Waals surface area contributed by atoms with Crippen LogP contribution in [0.5, 0.6) is 0 Å². The van der Waals surface area contributed by atoms with E-state index in [1.165, 1.54) is 7.11 Å². The van der Waals surface area contributed by atoms with Crippen molar-refractivity contribution in [2.24, 2.45) is 0 Å². The van der Waals surface area contributed by atoms with Crippen molar-refractivity contribution in [3.8, 4) is 0 Å². The van der Waals surface area contributed by atoms with Crippen molar-refractivity contribution >= 4 is 5.97 Å². The molecule has 1 aliphatic rings. The Morgan fingerprint density at radius 3 is 2.62 bits per heavy atom. The maximum atomic E-state index is 11.9. The van der Waals surface area contributed by atoms with E-state index in [4.69, 9.17) is 9.47 Å². The number of nitrogens with one attached hydrogen (secondary N) is 1. The lowest BCUT2D eigenvalue weighted by Crippen LogP contribution is -2.68. The van der Waals surface area contributed by atoms with E-state index in [0.29, 0.717) is 6.42 Å². The number of methoxy groups -OCH3 is 1. The van der Waals surface area contributed by atoms with E-state index in [2.05, 4.69) is 5.32 Å². The van der Waals surface area contributed by atoms with Crippen LogP contribution in [0.15, 0.2) is 30.3 Å². The first kappa shape index (κ1) is 15.4. The second-order valence-corrected chi connectivity index (χ2v) is 5.17. The molecule has 0 amide bonds. The number of benzene rings is 1. The third-order valence-corrected chi connectivity index (χ3v) is 3.44. The molecule has 114 valence electrons. The van der Waals surface area contributed by atoms with Crippen LogP contribution in [0, 0.1) is 10.1 Å². The zero-order chi connectivity index (χ0) is 15.3. The highest BCUT2D eigenvalue weighted by molar-refractivity contribution is 5.76. The van der Waals surface area contributed by atoms with Crippen molar-refractivity contribution in [2.75, 3.05) is 26.9 Å². The van der Waals surface area contributed by atoms with Gasteiger partial charge in [0.15, 0.2) is 0 Å². The lowest BCUT2D eigenvalue weighted by molar-refractivity contribution is -0.498. The molecule has 1 aliphatic heterocycles. The van der Waals surface area contributed by atoms with Gasteiger partial charge >= 0.3 is 5.97 Å².